The molecule has 19 heavy (non-hydrogen) atoms. The monoisotopic (exact) mass is 281 g/mol. The first-order valence-corrected chi connectivity index (χ1v) is 6.97. The molecule has 4 nitrogen and oxygen atoms in total. The highest BCUT2D eigenvalue weighted by atomic mass is 35.5. The number of piperazine rings is 1. The molecule has 1 saturated heterocycles. The quantitative estimate of drug-likeness (QED) is 0.904. The van der Waals surface area contributed by atoms with E-state index in [2.05, 4.69) is 22.2 Å². The van der Waals surface area contributed by atoms with Gasteiger partial charge in [0.15, 0.2) is 0 Å². The average Bonchev–Trinajstić information content (AvgIpc) is 2.41. The largest absolute Gasteiger partial charge is 0.351 e. The van der Waals surface area contributed by atoms with Crippen molar-refractivity contribution in [3.8, 4) is 0 Å². The van der Waals surface area contributed by atoms with Crippen LogP contribution in [-0.2, 0) is 0 Å². The molecule has 0 saturated carbocycles. The summed E-state index contributed by atoms with van der Waals surface area (Å²) >= 11 is 5.79. The molecule has 1 heterocycles. The van der Waals surface area contributed by atoms with E-state index in [-0.39, 0.29) is 5.91 Å². The predicted molar refractivity (Wildman–Crippen MR) is 77.7 cm³/mol. The molecule has 2 rings (SSSR count). The first-order valence-electron chi connectivity index (χ1n) is 6.60. The fourth-order valence-electron chi connectivity index (χ4n) is 2.10. The lowest BCUT2D eigenvalue weighted by molar-refractivity contribution is 0.0941. The zero-order valence-corrected chi connectivity index (χ0v) is 12.0. The molecule has 1 fully saturated rings. The molecule has 0 spiro atoms. The van der Waals surface area contributed by atoms with Crippen molar-refractivity contribution in [1.82, 2.24) is 15.1 Å². The first kappa shape index (κ1) is 14.3. The van der Waals surface area contributed by atoms with Crippen molar-refractivity contribution in [2.24, 2.45) is 0 Å². The maximum Gasteiger partial charge on any atom is 0.251 e. The molecule has 0 aliphatic carbocycles. The fraction of sp³-hybridized carbons (Fsp3) is 0.500. The smallest absolute Gasteiger partial charge is 0.251 e. The second kappa shape index (κ2) is 6.89. The van der Waals surface area contributed by atoms with Crippen LogP contribution in [0.3, 0.4) is 0 Å². The van der Waals surface area contributed by atoms with Gasteiger partial charge in [-0.15, -0.1) is 0 Å². The van der Waals surface area contributed by atoms with E-state index in [1.54, 1.807) is 24.3 Å². The van der Waals surface area contributed by atoms with E-state index in [0.717, 1.165) is 32.7 Å². The van der Waals surface area contributed by atoms with Crippen LogP contribution in [0.1, 0.15) is 10.4 Å². The van der Waals surface area contributed by atoms with Crippen molar-refractivity contribution in [3.05, 3.63) is 34.9 Å². The number of hydrogen-bond donors (Lipinski definition) is 1. The molecule has 104 valence electrons. The van der Waals surface area contributed by atoms with Crippen LogP contribution in [-0.4, -0.2) is 62.0 Å². The molecule has 0 aromatic heterocycles. The number of nitrogens with zero attached hydrogens (tertiary/aromatic N) is 2. The number of carbonyl (C=O) groups excluding carboxylic acids is 1. The first-order chi connectivity index (χ1) is 9.15. The summed E-state index contributed by atoms with van der Waals surface area (Å²) in [6, 6.07) is 6.95. The lowest BCUT2D eigenvalue weighted by Crippen LogP contribution is -2.46. The van der Waals surface area contributed by atoms with E-state index in [4.69, 9.17) is 11.6 Å². The molecule has 1 aromatic rings. The Kier molecular flexibility index (Phi) is 5.19. The van der Waals surface area contributed by atoms with Crippen LogP contribution >= 0.6 is 11.6 Å². The Hall–Kier alpha value is -1.10. The molecule has 5 heteroatoms. The van der Waals surface area contributed by atoms with E-state index in [1.165, 1.54) is 0 Å². The highest BCUT2D eigenvalue weighted by Crippen LogP contribution is 2.09. The van der Waals surface area contributed by atoms with E-state index in [9.17, 15) is 4.79 Å². The maximum atomic E-state index is 11.9. The molecule has 0 radical (unpaired) electrons. The minimum Gasteiger partial charge on any atom is -0.351 e. The molecule has 0 unspecified atom stereocenters. The number of nitrogens with one attached hydrogen (secondary N) is 1. The SMILES string of the molecule is CN1CCN(CCNC(=O)c2ccc(Cl)cc2)CC1. The second-order valence-electron chi connectivity index (χ2n) is 4.91. The molecule has 0 atom stereocenters. The molecular weight excluding hydrogens is 262 g/mol. The summed E-state index contributed by atoms with van der Waals surface area (Å²) in [7, 11) is 2.14. The Balaban J connectivity index is 1.70. The topological polar surface area (TPSA) is 35.6 Å². The van der Waals surface area contributed by atoms with Gasteiger partial charge in [-0.3, -0.25) is 9.69 Å². The molecular formula is C14H20ClN3O. The third-order valence-electron chi connectivity index (χ3n) is 3.42. The number of halogens is 1. The van der Waals surface area contributed by atoms with Crippen LogP contribution in [0.2, 0.25) is 5.02 Å². The highest BCUT2D eigenvalue weighted by molar-refractivity contribution is 6.30. The summed E-state index contributed by atoms with van der Waals surface area (Å²) in [6.45, 7) is 5.95. The van der Waals surface area contributed by atoms with Gasteiger partial charge in [-0.2, -0.15) is 0 Å². The van der Waals surface area contributed by atoms with E-state index >= 15 is 0 Å². The van der Waals surface area contributed by atoms with Crippen LogP contribution in [0.25, 0.3) is 0 Å². The van der Waals surface area contributed by atoms with Crippen molar-refractivity contribution >= 4 is 17.5 Å². The standard InChI is InChI=1S/C14H20ClN3O/c1-17-8-10-18(11-9-17)7-6-16-14(19)12-2-4-13(15)5-3-12/h2-5H,6-11H2,1H3,(H,16,19). The fourth-order valence-corrected chi connectivity index (χ4v) is 2.23. The van der Waals surface area contributed by atoms with E-state index in [1.807, 2.05) is 0 Å². The number of amides is 1. The van der Waals surface area contributed by atoms with Gasteiger partial charge in [-0.1, -0.05) is 11.6 Å². The third-order valence-corrected chi connectivity index (χ3v) is 3.67. The van der Waals surface area contributed by atoms with Gasteiger partial charge >= 0.3 is 0 Å². The van der Waals surface area contributed by atoms with Crippen molar-refractivity contribution < 1.29 is 4.79 Å². The summed E-state index contributed by atoms with van der Waals surface area (Å²) in [6.07, 6.45) is 0. The Bertz CT molecular complexity index is 413. The van der Waals surface area contributed by atoms with Gasteiger partial charge in [0.1, 0.15) is 0 Å². The minimum absolute atomic E-state index is 0.0363. The predicted octanol–water partition coefficient (Wildman–Crippen LogP) is 1.32. The Morgan fingerprint density at radius 1 is 1.21 bits per heavy atom. The molecule has 1 amide bonds. The van der Waals surface area contributed by atoms with Crippen LogP contribution in [0.15, 0.2) is 24.3 Å². The molecule has 1 N–H and O–H groups in total. The lowest BCUT2D eigenvalue weighted by Gasteiger charge is -2.32. The second-order valence-corrected chi connectivity index (χ2v) is 5.34. The Labute approximate surface area is 119 Å². The van der Waals surface area contributed by atoms with Gasteiger partial charge in [0.05, 0.1) is 0 Å². The summed E-state index contributed by atoms with van der Waals surface area (Å²) in [5.74, 6) is -0.0363. The van der Waals surface area contributed by atoms with E-state index < -0.39 is 0 Å². The normalized spacial score (nSPS) is 17.4. The lowest BCUT2D eigenvalue weighted by atomic mass is 10.2. The molecule has 1 aliphatic rings. The van der Waals surface area contributed by atoms with Crippen molar-refractivity contribution in [3.63, 3.8) is 0 Å². The van der Waals surface area contributed by atoms with Crippen molar-refractivity contribution in [1.29, 1.82) is 0 Å². The van der Waals surface area contributed by atoms with E-state index in [0.29, 0.717) is 17.1 Å². The number of likely N-dealkylation sites (N-methyl/N-ethyl adjacent to an activating group) is 1. The Morgan fingerprint density at radius 3 is 2.47 bits per heavy atom. The third kappa shape index (κ3) is 4.49. The molecule has 1 aromatic carbocycles. The van der Waals surface area contributed by atoms with Crippen molar-refractivity contribution in [2.45, 2.75) is 0 Å². The summed E-state index contributed by atoms with van der Waals surface area (Å²) in [4.78, 5) is 16.6. The van der Waals surface area contributed by atoms with Crippen LogP contribution in [0, 0.1) is 0 Å². The van der Waals surface area contributed by atoms with Gasteiger partial charge in [0.2, 0.25) is 0 Å². The molecule has 0 bridgehead atoms. The minimum atomic E-state index is -0.0363. The summed E-state index contributed by atoms with van der Waals surface area (Å²) in [5, 5.41) is 3.59. The summed E-state index contributed by atoms with van der Waals surface area (Å²) < 4.78 is 0. The summed E-state index contributed by atoms with van der Waals surface area (Å²) in [5.41, 5.74) is 0.655. The zero-order chi connectivity index (χ0) is 13.7. The van der Waals surface area contributed by atoms with Gasteiger partial charge in [0.25, 0.3) is 5.91 Å². The van der Waals surface area contributed by atoms with Gasteiger partial charge in [-0.25, -0.2) is 0 Å². The molecule has 1 aliphatic heterocycles. The number of benzene rings is 1. The number of rotatable bonds is 4. The average molecular weight is 282 g/mol. The zero-order valence-electron chi connectivity index (χ0n) is 11.2. The number of carbonyl (C=O) groups is 1. The maximum absolute atomic E-state index is 11.9. The van der Waals surface area contributed by atoms with Gasteiger partial charge < -0.3 is 10.2 Å². The number of hydrogen-bond acceptors (Lipinski definition) is 3. The van der Waals surface area contributed by atoms with Gasteiger partial charge in [0, 0.05) is 49.9 Å². The van der Waals surface area contributed by atoms with Crippen LogP contribution < -0.4 is 5.32 Å². The van der Waals surface area contributed by atoms with Gasteiger partial charge in [-0.05, 0) is 31.3 Å². The van der Waals surface area contributed by atoms with Crippen LogP contribution in [0.4, 0.5) is 0 Å². The highest BCUT2D eigenvalue weighted by Gasteiger charge is 2.13. The van der Waals surface area contributed by atoms with Crippen LogP contribution in [0.5, 0.6) is 0 Å². The van der Waals surface area contributed by atoms with Crippen molar-refractivity contribution in [2.75, 3.05) is 46.3 Å². The Morgan fingerprint density at radius 2 is 1.84 bits per heavy atom.